The number of nitrogens with zero attached hydrogens (tertiary/aromatic N) is 1. The highest BCUT2D eigenvalue weighted by atomic mass is 16.6. The molecule has 0 heterocycles. The Morgan fingerprint density at radius 3 is 2.00 bits per heavy atom. The van der Waals surface area contributed by atoms with Gasteiger partial charge in [-0.15, -0.1) is 5.92 Å². The van der Waals surface area contributed by atoms with Crippen LogP contribution in [-0.4, -0.2) is 11.0 Å². The summed E-state index contributed by atoms with van der Waals surface area (Å²) in [7, 11) is 0. The number of hydrogen-bond donors (Lipinski definition) is 0. The van der Waals surface area contributed by atoms with Gasteiger partial charge in [0, 0.05) is 29.6 Å². The Labute approximate surface area is 135 Å². The third kappa shape index (κ3) is 5.99. The molecule has 2 saturated carbocycles. The molecule has 3 nitrogen and oxygen atoms in total. The fourth-order valence-corrected chi connectivity index (χ4v) is 3.99. The van der Waals surface area contributed by atoms with Crippen LogP contribution < -0.4 is 0 Å². The van der Waals surface area contributed by atoms with Crippen molar-refractivity contribution < 1.29 is 4.92 Å². The van der Waals surface area contributed by atoms with Gasteiger partial charge in [-0.3, -0.25) is 10.1 Å². The van der Waals surface area contributed by atoms with E-state index in [2.05, 4.69) is 11.8 Å². The van der Waals surface area contributed by atoms with Crippen LogP contribution >= 0.6 is 0 Å². The van der Waals surface area contributed by atoms with Gasteiger partial charge in [-0.05, 0) is 25.7 Å². The van der Waals surface area contributed by atoms with E-state index in [0.717, 1.165) is 32.1 Å². The lowest BCUT2D eigenvalue weighted by molar-refractivity contribution is -0.535. The van der Waals surface area contributed by atoms with Crippen molar-refractivity contribution in [2.75, 3.05) is 0 Å². The first-order valence-corrected chi connectivity index (χ1v) is 9.39. The van der Waals surface area contributed by atoms with Crippen molar-refractivity contribution >= 4 is 0 Å². The third-order valence-corrected chi connectivity index (χ3v) is 5.42. The van der Waals surface area contributed by atoms with Crippen LogP contribution in [0.15, 0.2) is 0 Å². The van der Waals surface area contributed by atoms with Crippen molar-refractivity contribution in [1.82, 2.24) is 0 Å². The van der Waals surface area contributed by atoms with Crippen LogP contribution in [0.4, 0.5) is 0 Å². The Morgan fingerprint density at radius 1 is 0.818 bits per heavy atom. The summed E-state index contributed by atoms with van der Waals surface area (Å²) in [5.74, 6) is 7.54. The second kappa shape index (κ2) is 9.87. The molecule has 2 atom stereocenters. The molecule has 2 fully saturated rings. The summed E-state index contributed by atoms with van der Waals surface area (Å²) in [6, 6.07) is -0.341. The Kier molecular flexibility index (Phi) is 7.77. The molecule has 22 heavy (non-hydrogen) atoms. The number of hydrogen-bond acceptors (Lipinski definition) is 2. The zero-order valence-corrected chi connectivity index (χ0v) is 13.9. The van der Waals surface area contributed by atoms with E-state index in [1.807, 2.05) is 0 Å². The molecule has 0 aromatic rings. The maximum absolute atomic E-state index is 11.1. The molecule has 0 bridgehead atoms. The van der Waals surface area contributed by atoms with Crippen molar-refractivity contribution in [2.45, 2.75) is 95.9 Å². The zero-order valence-electron chi connectivity index (χ0n) is 13.9. The fourth-order valence-electron chi connectivity index (χ4n) is 3.99. The van der Waals surface area contributed by atoms with Gasteiger partial charge in [0.05, 0.1) is 0 Å². The van der Waals surface area contributed by atoms with Crippen LogP contribution in [0.2, 0.25) is 0 Å². The first kappa shape index (κ1) is 17.3. The predicted molar refractivity (Wildman–Crippen MR) is 90.2 cm³/mol. The molecule has 0 aromatic heterocycles. The van der Waals surface area contributed by atoms with E-state index >= 15 is 0 Å². The van der Waals surface area contributed by atoms with Crippen molar-refractivity contribution in [1.29, 1.82) is 0 Å². The van der Waals surface area contributed by atoms with Gasteiger partial charge in [-0.1, -0.05) is 57.3 Å². The van der Waals surface area contributed by atoms with E-state index in [-0.39, 0.29) is 16.9 Å². The fraction of sp³-hybridized carbons (Fsp3) is 0.895. The smallest absolute Gasteiger partial charge is 0.216 e. The Balaban J connectivity index is 1.82. The van der Waals surface area contributed by atoms with E-state index in [1.54, 1.807) is 0 Å². The van der Waals surface area contributed by atoms with Gasteiger partial charge in [0.25, 0.3) is 0 Å². The molecule has 0 radical (unpaired) electrons. The van der Waals surface area contributed by atoms with Crippen LogP contribution in [0.25, 0.3) is 0 Å². The van der Waals surface area contributed by atoms with E-state index in [4.69, 9.17) is 0 Å². The van der Waals surface area contributed by atoms with Crippen molar-refractivity contribution in [3.63, 3.8) is 0 Å². The largest absolute Gasteiger partial charge is 0.264 e. The molecule has 2 unspecified atom stereocenters. The predicted octanol–water partition coefficient (Wildman–Crippen LogP) is 5.36. The maximum Gasteiger partial charge on any atom is 0.216 e. The van der Waals surface area contributed by atoms with Gasteiger partial charge in [-0.2, -0.15) is 0 Å². The Hall–Kier alpha value is -1.04. The summed E-state index contributed by atoms with van der Waals surface area (Å²) in [6.45, 7) is 0. The lowest BCUT2D eigenvalue weighted by atomic mass is 9.82. The lowest BCUT2D eigenvalue weighted by Gasteiger charge is -2.23. The summed E-state index contributed by atoms with van der Waals surface area (Å²) in [5.41, 5.74) is 0. The van der Waals surface area contributed by atoms with E-state index in [0.29, 0.717) is 5.92 Å². The molecule has 124 valence electrons. The molecule has 0 aliphatic heterocycles. The molecule has 0 aromatic carbocycles. The standard InChI is InChI=1S/C19H31NO2/c21-20(22)19-16-9-8-14-18(19)15-10-13-17-11-6-4-2-1-3-5-7-12-17/h17-19H,1-9,11-12,14-16H2. The number of nitro groups is 1. The van der Waals surface area contributed by atoms with E-state index in [9.17, 15) is 10.1 Å². The van der Waals surface area contributed by atoms with E-state index < -0.39 is 0 Å². The number of rotatable bonds is 2. The van der Waals surface area contributed by atoms with Gasteiger partial charge in [0.1, 0.15) is 0 Å². The summed E-state index contributed by atoms with van der Waals surface area (Å²) in [6.07, 6.45) is 16.6. The average molecular weight is 305 g/mol. The highest BCUT2D eigenvalue weighted by molar-refractivity contribution is 5.05. The highest BCUT2D eigenvalue weighted by Gasteiger charge is 2.33. The summed E-state index contributed by atoms with van der Waals surface area (Å²) >= 11 is 0. The van der Waals surface area contributed by atoms with Gasteiger partial charge in [-0.25, -0.2) is 0 Å². The molecular formula is C19H31NO2. The minimum Gasteiger partial charge on any atom is -0.264 e. The minimum absolute atomic E-state index is 0.0605. The molecule has 0 saturated heterocycles. The third-order valence-electron chi connectivity index (χ3n) is 5.42. The summed E-state index contributed by atoms with van der Waals surface area (Å²) < 4.78 is 0. The quantitative estimate of drug-likeness (QED) is 0.392. The van der Waals surface area contributed by atoms with Crippen molar-refractivity contribution in [3.8, 4) is 11.8 Å². The monoisotopic (exact) mass is 305 g/mol. The van der Waals surface area contributed by atoms with Crippen molar-refractivity contribution in [3.05, 3.63) is 10.1 Å². The zero-order chi connectivity index (χ0) is 15.6. The van der Waals surface area contributed by atoms with Crippen LogP contribution in [-0.2, 0) is 0 Å². The SMILES string of the molecule is O=[N+]([O-])C1CCCCC1CC#CC1CCCCCCCCC1. The molecule has 0 amide bonds. The second-order valence-electron chi connectivity index (χ2n) is 7.17. The Morgan fingerprint density at radius 2 is 1.36 bits per heavy atom. The van der Waals surface area contributed by atoms with Gasteiger partial charge in [0.2, 0.25) is 6.04 Å². The first-order valence-electron chi connectivity index (χ1n) is 9.39. The van der Waals surface area contributed by atoms with Gasteiger partial charge < -0.3 is 0 Å². The molecule has 3 heteroatoms. The molecule has 2 aliphatic rings. The Bertz CT molecular complexity index is 386. The normalized spacial score (nSPS) is 28.4. The molecule has 2 aliphatic carbocycles. The van der Waals surface area contributed by atoms with Crippen LogP contribution in [0.5, 0.6) is 0 Å². The first-order chi connectivity index (χ1) is 10.8. The topological polar surface area (TPSA) is 43.1 Å². The van der Waals surface area contributed by atoms with E-state index in [1.165, 1.54) is 57.8 Å². The molecular weight excluding hydrogens is 274 g/mol. The average Bonchev–Trinajstić information content (AvgIpc) is 2.53. The molecule has 2 rings (SSSR count). The lowest BCUT2D eigenvalue weighted by Crippen LogP contribution is -2.31. The highest BCUT2D eigenvalue weighted by Crippen LogP contribution is 2.29. The van der Waals surface area contributed by atoms with Crippen molar-refractivity contribution in [2.24, 2.45) is 11.8 Å². The van der Waals surface area contributed by atoms with Gasteiger partial charge >= 0.3 is 0 Å². The summed E-state index contributed by atoms with van der Waals surface area (Å²) in [5, 5.41) is 11.1. The van der Waals surface area contributed by atoms with Crippen LogP contribution in [0.3, 0.4) is 0 Å². The van der Waals surface area contributed by atoms with Gasteiger partial charge in [0.15, 0.2) is 0 Å². The van der Waals surface area contributed by atoms with Crippen LogP contribution in [0, 0.1) is 33.8 Å². The summed E-state index contributed by atoms with van der Waals surface area (Å²) in [4.78, 5) is 11.1. The minimum atomic E-state index is -0.341. The molecule has 0 N–H and O–H groups in total. The maximum atomic E-state index is 11.1. The molecule has 0 spiro atoms. The van der Waals surface area contributed by atoms with Crippen LogP contribution in [0.1, 0.15) is 89.9 Å². The second-order valence-corrected chi connectivity index (χ2v) is 7.17.